The number of methoxy groups -OCH3 is 1. The van der Waals surface area contributed by atoms with Gasteiger partial charge in [0.2, 0.25) is 0 Å². The summed E-state index contributed by atoms with van der Waals surface area (Å²) in [7, 11) is 1.60. The maximum Gasteiger partial charge on any atom is 0.265 e. The molecule has 2 heterocycles. The summed E-state index contributed by atoms with van der Waals surface area (Å²) in [5.41, 5.74) is 0.315. The molecule has 1 saturated carbocycles. The zero-order valence-corrected chi connectivity index (χ0v) is 12.0. The molecule has 5 heteroatoms. The fourth-order valence-corrected chi connectivity index (χ4v) is 3.90. The first-order valence-electron chi connectivity index (χ1n) is 6.90. The fourth-order valence-electron chi connectivity index (χ4n) is 3.14. The van der Waals surface area contributed by atoms with E-state index in [1.165, 1.54) is 30.6 Å². The lowest BCUT2D eigenvalue weighted by Crippen LogP contribution is -2.59. The van der Waals surface area contributed by atoms with E-state index < -0.39 is 0 Å². The zero-order valence-electron chi connectivity index (χ0n) is 11.2. The maximum atomic E-state index is 12.3. The van der Waals surface area contributed by atoms with E-state index in [0.29, 0.717) is 22.2 Å². The van der Waals surface area contributed by atoms with E-state index in [2.05, 4.69) is 10.6 Å². The fraction of sp³-hybridized carbons (Fsp3) is 0.643. The third-order valence-electron chi connectivity index (χ3n) is 4.33. The van der Waals surface area contributed by atoms with Crippen molar-refractivity contribution in [3.63, 3.8) is 0 Å². The molecule has 1 atom stereocenters. The second-order valence-corrected chi connectivity index (χ2v) is 6.46. The highest BCUT2D eigenvalue weighted by Crippen LogP contribution is 2.38. The van der Waals surface area contributed by atoms with Crippen LogP contribution in [-0.2, 0) is 0 Å². The summed E-state index contributed by atoms with van der Waals surface area (Å²) >= 11 is 1.44. The van der Waals surface area contributed by atoms with Crippen LogP contribution in [-0.4, -0.2) is 31.1 Å². The van der Waals surface area contributed by atoms with Gasteiger partial charge in [0.15, 0.2) is 0 Å². The number of hydrogen-bond acceptors (Lipinski definition) is 4. The number of piperidine rings is 1. The second-order valence-electron chi connectivity index (χ2n) is 5.54. The van der Waals surface area contributed by atoms with E-state index in [0.717, 1.165) is 19.4 Å². The van der Waals surface area contributed by atoms with Gasteiger partial charge in [0.05, 0.1) is 7.11 Å². The Morgan fingerprint density at radius 1 is 1.58 bits per heavy atom. The molecule has 0 bridgehead atoms. The second kappa shape index (κ2) is 5.13. The van der Waals surface area contributed by atoms with Crippen molar-refractivity contribution in [3.8, 4) is 5.75 Å². The highest BCUT2D eigenvalue weighted by molar-refractivity contribution is 7.12. The zero-order chi connectivity index (χ0) is 13.3. The molecule has 1 saturated heterocycles. The number of carbonyl (C=O) groups is 1. The monoisotopic (exact) mass is 280 g/mol. The number of rotatable bonds is 3. The van der Waals surface area contributed by atoms with Gasteiger partial charge in [0, 0.05) is 11.6 Å². The SMILES string of the molecule is COc1ccsc1C(=O)NC1CCNC2(CCC2)C1. The van der Waals surface area contributed by atoms with Crippen LogP contribution in [0.2, 0.25) is 0 Å². The molecule has 1 unspecified atom stereocenters. The average molecular weight is 280 g/mol. The van der Waals surface area contributed by atoms with Crippen LogP contribution in [0.3, 0.4) is 0 Å². The predicted molar refractivity (Wildman–Crippen MR) is 75.9 cm³/mol. The molecular weight excluding hydrogens is 260 g/mol. The maximum absolute atomic E-state index is 12.3. The van der Waals surface area contributed by atoms with Crippen molar-refractivity contribution >= 4 is 17.2 Å². The summed E-state index contributed by atoms with van der Waals surface area (Å²) in [5.74, 6) is 0.683. The van der Waals surface area contributed by atoms with Crippen molar-refractivity contribution in [1.29, 1.82) is 0 Å². The highest BCUT2D eigenvalue weighted by Gasteiger charge is 2.41. The first-order chi connectivity index (χ1) is 9.22. The van der Waals surface area contributed by atoms with Crippen LogP contribution in [0, 0.1) is 0 Å². The van der Waals surface area contributed by atoms with Crippen LogP contribution in [0.1, 0.15) is 41.8 Å². The van der Waals surface area contributed by atoms with Gasteiger partial charge in [-0.15, -0.1) is 11.3 Å². The van der Waals surface area contributed by atoms with Crippen LogP contribution >= 0.6 is 11.3 Å². The Kier molecular flexibility index (Phi) is 3.50. The minimum absolute atomic E-state index is 0.00761. The standard InChI is InChI=1S/C14H20N2O2S/c1-18-11-4-8-19-12(11)13(17)16-10-3-7-15-14(9-10)5-2-6-14/h4,8,10,15H,2-3,5-7,9H2,1H3,(H,16,17). The summed E-state index contributed by atoms with van der Waals surface area (Å²) in [6, 6.07) is 2.14. The lowest BCUT2D eigenvalue weighted by Gasteiger charge is -2.48. The van der Waals surface area contributed by atoms with Gasteiger partial charge in [-0.3, -0.25) is 4.79 Å². The van der Waals surface area contributed by atoms with E-state index in [4.69, 9.17) is 4.74 Å². The highest BCUT2D eigenvalue weighted by atomic mass is 32.1. The van der Waals surface area contributed by atoms with Gasteiger partial charge in [0.25, 0.3) is 5.91 Å². The first-order valence-corrected chi connectivity index (χ1v) is 7.78. The smallest absolute Gasteiger partial charge is 0.265 e. The molecule has 2 N–H and O–H groups in total. The average Bonchev–Trinajstić information content (AvgIpc) is 2.85. The van der Waals surface area contributed by atoms with E-state index in [1.54, 1.807) is 7.11 Å². The number of nitrogens with one attached hydrogen (secondary N) is 2. The minimum atomic E-state index is 0.00761. The molecule has 0 radical (unpaired) electrons. The van der Waals surface area contributed by atoms with Gasteiger partial charge in [-0.05, 0) is 50.1 Å². The Hall–Kier alpha value is -1.07. The largest absolute Gasteiger partial charge is 0.495 e. The van der Waals surface area contributed by atoms with Gasteiger partial charge >= 0.3 is 0 Å². The Morgan fingerprint density at radius 2 is 2.42 bits per heavy atom. The number of ether oxygens (including phenoxy) is 1. The third-order valence-corrected chi connectivity index (χ3v) is 5.23. The summed E-state index contributed by atoms with van der Waals surface area (Å²) in [5, 5.41) is 8.68. The minimum Gasteiger partial charge on any atom is -0.495 e. The van der Waals surface area contributed by atoms with Crippen molar-refractivity contribution in [2.24, 2.45) is 0 Å². The molecule has 4 nitrogen and oxygen atoms in total. The quantitative estimate of drug-likeness (QED) is 0.892. The van der Waals surface area contributed by atoms with Crippen LogP contribution in [0.15, 0.2) is 11.4 Å². The normalized spacial score (nSPS) is 24.8. The lowest BCUT2D eigenvalue weighted by atomic mass is 9.70. The van der Waals surface area contributed by atoms with Crippen LogP contribution in [0.4, 0.5) is 0 Å². The van der Waals surface area contributed by atoms with Crippen molar-refractivity contribution in [1.82, 2.24) is 10.6 Å². The Morgan fingerprint density at radius 3 is 3.11 bits per heavy atom. The topological polar surface area (TPSA) is 50.4 Å². The molecule has 1 spiro atoms. The third kappa shape index (κ3) is 2.49. The van der Waals surface area contributed by atoms with Gasteiger partial charge in [0.1, 0.15) is 10.6 Å². The van der Waals surface area contributed by atoms with E-state index in [1.807, 2.05) is 11.4 Å². The van der Waals surface area contributed by atoms with Gasteiger partial charge < -0.3 is 15.4 Å². The van der Waals surface area contributed by atoms with E-state index in [9.17, 15) is 4.79 Å². The number of carbonyl (C=O) groups excluding carboxylic acids is 1. The lowest BCUT2D eigenvalue weighted by molar-refractivity contribution is 0.0854. The van der Waals surface area contributed by atoms with Gasteiger partial charge in [-0.25, -0.2) is 0 Å². The van der Waals surface area contributed by atoms with Crippen molar-refractivity contribution in [3.05, 3.63) is 16.3 Å². The molecule has 0 aromatic carbocycles. The number of thiophene rings is 1. The predicted octanol–water partition coefficient (Wildman–Crippen LogP) is 2.16. The molecule has 1 aromatic rings. The Balaban J connectivity index is 1.63. The summed E-state index contributed by atoms with van der Waals surface area (Å²) in [4.78, 5) is 13.0. The Labute approximate surface area is 117 Å². The van der Waals surface area contributed by atoms with Gasteiger partial charge in [-0.1, -0.05) is 0 Å². The Bertz CT molecular complexity index is 468. The number of hydrogen-bond donors (Lipinski definition) is 2. The van der Waals surface area contributed by atoms with Crippen LogP contribution < -0.4 is 15.4 Å². The molecule has 2 aliphatic rings. The van der Waals surface area contributed by atoms with Crippen molar-refractivity contribution in [2.75, 3.05) is 13.7 Å². The molecule has 2 fully saturated rings. The van der Waals surface area contributed by atoms with Crippen molar-refractivity contribution in [2.45, 2.75) is 43.7 Å². The van der Waals surface area contributed by atoms with Crippen molar-refractivity contribution < 1.29 is 9.53 Å². The van der Waals surface area contributed by atoms with Gasteiger partial charge in [-0.2, -0.15) is 0 Å². The molecular formula is C14H20N2O2S. The first kappa shape index (κ1) is 12.9. The molecule has 3 rings (SSSR count). The van der Waals surface area contributed by atoms with Crippen LogP contribution in [0.5, 0.6) is 5.75 Å². The molecule has 1 aliphatic carbocycles. The van der Waals surface area contributed by atoms with E-state index in [-0.39, 0.29) is 5.91 Å². The summed E-state index contributed by atoms with van der Waals surface area (Å²) in [6.07, 6.45) is 5.89. The van der Waals surface area contributed by atoms with Crippen LogP contribution in [0.25, 0.3) is 0 Å². The summed E-state index contributed by atoms with van der Waals surface area (Å²) in [6.45, 7) is 1.01. The van der Waals surface area contributed by atoms with E-state index >= 15 is 0 Å². The summed E-state index contributed by atoms with van der Waals surface area (Å²) < 4.78 is 5.21. The molecule has 104 valence electrons. The molecule has 1 aromatic heterocycles. The molecule has 1 aliphatic heterocycles. The number of amides is 1. The molecule has 19 heavy (non-hydrogen) atoms. The molecule has 1 amide bonds.